The maximum Gasteiger partial charge on any atom is 0.150 e. The van der Waals surface area contributed by atoms with Gasteiger partial charge in [0.25, 0.3) is 0 Å². The highest BCUT2D eigenvalue weighted by atomic mass is 14.9. The third-order valence-electron chi connectivity index (χ3n) is 3.44. The van der Waals surface area contributed by atoms with E-state index in [0.717, 1.165) is 28.7 Å². The number of benzene rings is 2. The van der Waals surface area contributed by atoms with Gasteiger partial charge in [0.15, 0.2) is 5.82 Å². The highest BCUT2D eigenvalue weighted by molar-refractivity contribution is 5.82. The first-order valence-electron chi connectivity index (χ1n) is 7.25. The van der Waals surface area contributed by atoms with E-state index in [1.165, 1.54) is 5.56 Å². The lowest BCUT2D eigenvalue weighted by atomic mass is 10.00. The summed E-state index contributed by atoms with van der Waals surface area (Å²) in [6.07, 6.45) is 1.05. The Morgan fingerprint density at radius 3 is 2.38 bits per heavy atom. The lowest BCUT2D eigenvalue weighted by Crippen LogP contribution is -1.99. The largest absolute Gasteiger partial charge is 0.382 e. The number of hydrogen-bond acceptors (Lipinski definition) is 3. The minimum Gasteiger partial charge on any atom is -0.382 e. The molecule has 1 aromatic heterocycles. The highest BCUT2D eigenvalue weighted by Crippen LogP contribution is 2.26. The Hall–Kier alpha value is -2.42. The minimum absolute atomic E-state index is 0.482. The van der Waals surface area contributed by atoms with Crippen molar-refractivity contribution in [3.8, 4) is 11.3 Å². The predicted octanol–water partition coefficient (Wildman–Crippen LogP) is 4.08. The van der Waals surface area contributed by atoms with Crippen molar-refractivity contribution in [2.75, 3.05) is 5.73 Å². The molecule has 0 aliphatic carbocycles. The molecule has 0 spiro atoms. The lowest BCUT2D eigenvalue weighted by molar-refractivity contribution is 0.647. The number of fused-ring (bicyclic) bond motifs is 1. The van der Waals surface area contributed by atoms with Crippen LogP contribution >= 0.6 is 0 Å². The number of nitrogen functional groups attached to an aromatic ring is 1. The van der Waals surface area contributed by atoms with E-state index in [0.29, 0.717) is 11.7 Å². The van der Waals surface area contributed by atoms with Crippen LogP contribution in [0.25, 0.3) is 22.3 Å². The average Bonchev–Trinajstić information content (AvgIpc) is 2.46. The SMILES string of the molecule is CC(C)Cc1cccc(-c2nc3ccccc3nc2N)c1. The maximum atomic E-state index is 6.10. The van der Waals surface area contributed by atoms with Crippen molar-refractivity contribution >= 4 is 16.9 Å². The van der Waals surface area contributed by atoms with E-state index in [1.54, 1.807) is 0 Å². The molecule has 3 rings (SSSR count). The summed E-state index contributed by atoms with van der Waals surface area (Å²) in [7, 11) is 0. The number of rotatable bonds is 3. The van der Waals surface area contributed by atoms with Gasteiger partial charge in [0, 0.05) is 5.56 Å². The zero-order valence-corrected chi connectivity index (χ0v) is 12.4. The summed E-state index contributed by atoms with van der Waals surface area (Å²) in [5.41, 5.74) is 10.9. The predicted molar refractivity (Wildman–Crippen MR) is 87.9 cm³/mol. The Kier molecular flexibility index (Phi) is 3.57. The monoisotopic (exact) mass is 277 g/mol. The van der Waals surface area contributed by atoms with Crippen LogP contribution in [0.5, 0.6) is 0 Å². The number of hydrogen-bond donors (Lipinski definition) is 1. The molecule has 0 radical (unpaired) electrons. The fourth-order valence-corrected chi connectivity index (χ4v) is 2.54. The summed E-state index contributed by atoms with van der Waals surface area (Å²) in [6, 6.07) is 16.2. The molecule has 0 saturated heterocycles. The van der Waals surface area contributed by atoms with E-state index in [2.05, 4.69) is 42.0 Å². The topological polar surface area (TPSA) is 51.8 Å². The normalized spacial score (nSPS) is 11.2. The van der Waals surface area contributed by atoms with Crippen LogP contribution in [0, 0.1) is 5.92 Å². The van der Waals surface area contributed by atoms with E-state index < -0.39 is 0 Å². The second kappa shape index (κ2) is 5.52. The third-order valence-corrected chi connectivity index (χ3v) is 3.44. The summed E-state index contributed by atoms with van der Waals surface area (Å²) in [5.74, 6) is 1.11. The summed E-state index contributed by atoms with van der Waals surface area (Å²) in [6.45, 7) is 4.44. The Bertz CT molecular complexity index is 778. The molecule has 2 N–H and O–H groups in total. The van der Waals surface area contributed by atoms with Crippen molar-refractivity contribution < 1.29 is 0 Å². The molecule has 3 aromatic rings. The molecule has 0 unspecified atom stereocenters. The molecule has 0 fully saturated rings. The molecule has 1 heterocycles. The first-order chi connectivity index (χ1) is 10.1. The van der Waals surface area contributed by atoms with Crippen molar-refractivity contribution in [2.24, 2.45) is 5.92 Å². The van der Waals surface area contributed by atoms with Crippen molar-refractivity contribution in [3.63, 3.8) is 0 Å². The standard InChI is InChI=1S/C18H19N3/c1-12(2)10-13-6-5-7-14(11-13)17-18(19)21-16-9-4-3-8-15(16)20-17/h3-9,11-12H,10H2,1-2H3,(H2,19,21). The molecule has 3 nitrogen and oxygen atoms in total. The smallest absolute Gasteiger partial charge is 0.150 e. The van der Waals surface area contributed by atoms with Gasteiger partial charge in [0.2, 0.25) is 0 Å². The van der Waals surface area contributed by atoms with Gasteiger partial charge in [0.05, 0.1) is 11.0 Å². The summed E-state index contributed by atoms with van der Waals surface area (Å²) in [4.78, 5) is 9.14. The molecule has 0 saturated carbocycles. The number of nitrogens with two attached hydrogens (primary N) is 1. The summed E-state index contributed by atoms with van der Waals surface area (Å²) >= 11 is 0. The van der Waals surface area contributed by atoms with Crippen LogP contribution in [-0.4, -0.2) is 9.97 Å². The Balaban J connectivity index is 2.09. The van der Waals surface area contributed by atoms with Gasteiger partial charge in [0.1, 0.15) is 5.69 Å². The second-order valence-corrected chi connectivity index (χ2v) is 5.74. The zero-order valence-electron chi connectivity index (χ0n) is 12.4. The molecular formula is C18H19N3. The Morgan fingerprint density at radius 2 is 1.67 bits per heavy atom. The molecule has 2 aromatic carbocycles. The van der Waals surface area contributed by atoms with Crippen molar-refractivity contribution in [2.45, 2.75) is 20.3 Å². The van der Waals surface area contributed by atoms with Crippen LogP contribution in [0.15, 0.2) is 48.5 Å². The molecule has 0 aliphatic heterocycles. The lowest BCUT2D eigenvalue weighted by Gasteiger charge is -2.09. The Labute approximate surface area is 124 Å². The van der Waals surface area contributed by atoms with Gasteiger partial charge in [-0.05, 0) is 36.1 Å². The number of anilines is 1. The van der Waals surface area contributed by atoms with E-state index >= 15 is 0 Å². The van der Waals surface area contributed by atoms with Gasteiger partial charge >= 0.3 is 0 Å². The first-order valence-corrected chi connectivity index (χ1v) is 7.25. The zero-order chi connectivity index (χ0) is 14.8. The van der Waals surface area contributed by atoms with Crippen molar-refractivity contribution in [1.82, 2.24) is 9.97 Å². The van der Waals surface area contributed by atoms with Gasteiger partial charge < -0.3 is 5.73 Å². The van der Waals surface area contributed by atoms with Gasteiger partial charge in [-0.2, -0.15) is 0 Å². The summed E-state index contributed by atoms with van der Waals surface area (Å²) in [5, 5.41) is 0. The molecule has 3 heteroatoms. The van der Waals surface area contributed by atoms with Gasteiger partial charge in [-0.1, -0.05) is 44.2 Å². The van der Waals surface area contributed by atoms with Crippen molar-refractivity contribution in [1.29, 1.82) is 0 Å². The van der Waals surface area contributed by atoms with E-state index in [9.17, 15) is 0 Å². The number of aromatic nitrogens is 2. The molecule has 0 amide bonds. The van der Waals surface area contributed by atoms with Crippen molar-refractivity contribution in [3.05, 3.63) is 54.1 Å². The molecular weight excluding hydrogens is 258 g/mol. The van der Waals surface area contributed by atoms with Gasteiger partial charge in [-0.25, -0.2) is 9.97 Å². The minimum atomic E-state index is 0.482. The van der Waals surface area contributed by atoms with E-state index in [4.69, 9.17) is 5.73 Å². The van der Waals surface area contributed by atoms with Crippen LogP contribution in [-0.2, 0) is 6.42 Å². The summed E-state index contributed by atoms with van der Waals surface area (Å²) < 4.78 is 0. The number of para-hydroxylation sites is 2. The number of nitrogens with zero attached hydrogens (tertiary/aromatic N) is 2. The maximum absolute atomic E-state index is 6.10. The quantitative estimate of drug-likeness (QED) is 0.785. The van der Waals surface area contributed by atoms with Gasteiger partial charge in [-0.15, -0.1) is 0 Å². The third kappa shape index (κ3) is 2.87. The Morgan fingerprint density at radius 1 is 0.952 bits per heavy atom. The fourth-order valence-electron chi connectivity index (χ4n) is 2.54. The van der Waals surface area contributed by atoms with Crippen LogP contribution in [0.4, 0.5) is 5.82 Å². The first kappa shape index (κ1) is 13.6. The molecule has 106 valence electrons. The molecule has 21 heavy (non-hydrogen) atoms. The average molecular weight is 277 g/mol. The fraction of sp³-hybridized carbons (Fsp3) is 0.222. The van der Waals surface area contributed by atoms with E-state index in [-0.39, 0.29) is 0 Å². The van der Waals surface area contributed by atoms with Gasteiger partial charge in [-0.3, -0.25) is 0 Å². The molecule has 0 aliphatic rings. The second-order valence-electron chi connectivity index (χ2n) is 5.74. The molecule has 0 bridgehead atoms. The highest BCUT2D eigenvalue weighted by Gasteiger charge is 2.09. The van der Waals surface area contributed by atoms with Crippen LogP contribution < -0.4 is 5.73 Å². The van der Waals surface area contributed by atoms with Crippen LogP contribution in [0.1, 0.15) is 19.4 Å². The van der Waals surface area contributed by atoms with Crippen LogP contribution in [0.2, 0.25) is 0 Å². The van der Waals surface area contributed by atoms with E-state index in [1.807, 2.05) is 30.3 Å². The van der Waals surface area contributed by atoms with Crippen LogP contribution in [0.3, 0.4) is 0 Å². The molecule has 0 atom stereocenters.